The van der Waals surface area contributed by atoms with Gasteiger partial charge < -0.3 is 14.5 Å². The highest BCUT2D eigenvalue weighted by molar-refractivity contribution is 5.77. The molecule has 0 unspecified atom stereocenters. The fraction of sp³-hybridized carbons (Fsp3) is 0.636. The highest BCUT2D eigenvalue weighted by Crippen LogP contribution is 2.09. The Kier molecular flexibility index (Phi) is 11.4. The molecule has 27 heavy (non-hydrogen) atoms. The summed E-state index contributed by atoms with van der Waals surface area (Å²) >= 11 is 0. The van der Waals surface area contributed by atoms with E-state index in [9.17, 15) is 9.59 Å². The van der Waals surface area contributed by atoms with E-state index in [0.29, 0.717) is 26.1 Å². The van der Waals surface area contributed by atoms with Gasteiger partial charge in [-0.1, -0.05) is 43.7 Å². The fourth-order valence-electron chi connectivity index (χ4n) is 3.01. The van der Waals surface area contributed by atoms with E-state index in [1.54, 1.807) is 6.92 Å². The average molecular weight is 377 g/mol. The van der Waals surface area contributed by atoms with Gasteiger partial charge in [0.25, 0.3) is 0 Å². The minimum atomic E-state index is -0.238. The molecule has 0 aromatic heterocycles. The van der Waals surface area contributed by atoms with Crippen molar-refractivity contribution in [1.29, 1.82) is 0 Å². The predicted molar refractivity (Wildman–Crippen MR) is 110 cm³/mol. The van der Waals surface area contributed by atoms with Crippen LogP contribution in [0.15, 0.2) is 24.3 Å². The summed E-state index contributed by atoms with van der Waals surface area (Å²) in [6.07, 6.45) is 2.37. The number of nitrogens with zero attached hydrogens (tertiary/aromatic N) is 2. The summed E-state index contributed by atoms with van der Waals surface area (Å²) in [4.78, 5) is 28.6. The quantitative estimate of drug-likeness (QED) is 0.495. The van der Waals surface area contributed by atoms with E-state index in [0.717, 1.165) is 32.5 Å². The summed E-state index contributed by atoms with van der Waals surface area (Å²) in [7, 11) is 0. The van der Waals surface area contributed by atoms with Crippen LogP contribution < -0.4 is 0 Å². The van der Waals surface area contributed by atoms with Crippen molar-refractivity contribution in [2.45, 2.75) is 53.4 Å². The summed E-state index contributed by atoms with van der Waals surface area (Å²) in [5.41, 5.74) is 2.39. The number of rotatable bonds is 13. The standard InChI is InChI=1S/C22H36N2O3/c1-5-23(6-2)16-8-17-24(18-15-22(26)27-7-3)21(25)14-13-20-11-9-19(4)10-12-20/h9-12H,5-8,13-18H2,1-4H3. The third kappa shape index (κ3) is 9.57. The molecule has 1 amide bonds. The lowest BCUT2D eigenvalue weighted by Gasteiger charge is -2.25. The van der Waals surface area contributed by atoms with Crippen molar-refractivity contribution in [2.75, 3.05) is 39.3 Å². The number of benzene rings is 1. The third-order valence-corrected chi connectivity index (χ3v) is 4.79. The molecule has 0 bridgehead atoms. The average Bonchev–Trinajstić information content (AvgIpc) is 2.67. The molecule has 0 aliphatic heterocycles. The number of hydrogen-bond donors (Lipinski definition) is 0. The van der Waals surface area contributed by atoms with Gasteiger partial charge in [-0.2, -0.15) is 0 Å². The summed E-state index contributed by atoms with van der Waals surface area (Å²) < 4.78 is 5.00. The predicted octanol–water partition coefficient (Wildman–Crippen LogP) is 3.44. The Morgan fingerprint density at radius 1 is 0.926 bits per heavy atom. The second-order valence-electron chi connectivity index (χ2n) is 6.80. The van der Waals surface area contributed by atoms with Crippen LogP contribution in [0.1, 0.15) is 51.2 Å². The molecule has 0 aliphatic carbocycles. The molecule has 1 aromatic carbocycles. The van der Waals surface area contributed by atoms with Gasteiger partial charge in [0.2, 0.25) is 5.91 Å². The zero-order chi connectivity index (χ0) is 20.1. The first kappa shape index (κ1) is 23.2. The lowest BCUT2D eigenvalue weighted by Crippen LogP contribution is -2.36. The molecular weight excluding hydrogens is 340 g/mol. The molecule has 1 rings (SSSR count). The first-order chi connectivity index (χ1) is 13.0. The van der Waals surface area contributed by atoms with E-state index < -0.39 is 0 Å². The van der Waals surface area contributed by atoms with Crippen molar-refractivity contribution in [3.63, 3.8) is 0 Å². The van der Waals surface area contributed by atoms with E-state index >= 15 is 0 Å². The zero-order valence-corrected chi connectivity index (χ0v) is 17.5. The Hall–Kier alpha value is -1.88. The molecule has 5 nitrogen and oxygen atoms in total. The van der Waals surface area contributed by atoms with E-state index in [1.165, 1.54) is 11.1 Å². The minimum absolute atomic E-state index is 0.111. The van der Waals surface area contributed by atoms with Gasteiger partial charge >= 0.3 is 5.97 Å². The van der Waals surface area contributed by atoms with Gasteiger partial charge in [-0.05, 0) is 51.9 Å². The zero-order valence-electron chi connectivity index (χ0n) is 17.5. The Bertz CT molecular complexity index is 553. The smallest absolute Gasteiger partial charge is 0.307 e. The number of amides is 1. The van der Waals surface area contributed by atoms with E-state index in [-0.39, 0.29) is 18.3 Å². The number of ether oxygens (including phenoxy) is 1. The number of carbonyl (C=O) groups excluding carboxylic acids is 2. The van der Waals surface area contributed by atoms with E-state index in [2.05, 4.69) is 49.9 Å². The van der Waals surface area contributed by atoms with Crippen molar-refractivity contribution < 1.29 is 14.3 Å². The third-order valence-electron chi connectivity index (χ3n) is 4.79. The Balaban J connectivity index is 2.56. The number of esters is 1. The van der Waals surface area contributed by atoms with Crippen LogP contribution in [0.4, 0.5) is 0 Å². The molecule has 1 aromatic rings. The van der Waals surface area contributed by atoms with Crippen LogP contribution in [0.2, 0.25) is 0 Å². The topological polar surface area (TPSA) is 49.9 Å². The maximum absolute atomic E-state index is 12.7. The maximum atomic E-state index is 12.7. The number of aryl methyl sites for hydroxylation is 2. The Morgan fingerprint density at radius 3 is 2.19 bits per heavy atom. The van der Waals surface area contributed by atoms with Gasteiger partial charge in [-0.15, -0.1) is 0 Å². The van der Waals surface area contributed by atoms with E-state index in [4.69, 9.17) is 4.74 Å². The van der Waals surface area contributed by atoms with Crippen LogP contribution in [0.25, 0.3) is 0 Å². The number of hydrogen-bond acceptors (Lipinski definition) is 4. The Morgan fingerprint density at radius 2 is 1.59 bits per heavy atom. The van der Waals surface area contributed by atoms with Gasteiger partial charge in [0.15, 0.2) is 0 Å². The van der Waals surface area contributed by atoms with Crippen LogP contribution in [0, 0.1) is 6.92 Å². The second kappa shape index (κ2) is 13.3. The van der Waals surface area contributed by atoms with Crippen molar-refractivity contribution >= 4 is 11.9 Å². The van der Waals surface area contributed by atoms with E-state index in [1.807, 2.05) is 4.90 Å². The molecule has 0 radical (unpaired) electrons. The molecule has 0 spiro atoms. The lowest BCUT2D eigenvalue weighted by atomic mass is 10.1. The van der Waals surface area contributed by atoms with Crippen LogP contribution in [-0.4, -0.2) is 61.0 Å². The maximum Gasteiger partial charge on any atom is 0.307 e. The van der Waals surface area contributed by atoms with Crippen molar-refractivity contribution in [3.8, 4) is 0 Å². The fourth-order valence-corrected chi connectivity index (χ4v) is 3.01. The highest BCUT2D eigenvalue weighted by atomic mass is 16.5. The van der Waals surface area contributed by atoms with Crippen LogP contribution in [0.3, 0.4) is 0 Å². The van der Waals surface area contributed by atoms with Gasteiger partial charge in [0.1, 0.15) is 0 Å². The molecule has 152 valence electrons. The molecule has 0 saturated heterocycles. The summed E-state index contributed by atoms with van der Waals surface area (Å²) in [6.45, 7) is 12.6. The number of carbonyl (C=O) groups is 2. The molecule has 0 N–H and O–H groups in total. The highest BCUT2D eigenvalue weighted by Gasteiger charge is 2.16. The van der Waals surface area contributed by atoms with Gasteiger partial charge in [0, 0.05) is 19.5 Å². The molecule has 0 fully saturated rings. The van der Waals surface area contributed by atoms with Crippen molar-refractivity contribution in [3.05, 3.63) is 35.4 Å². The molecular formula is C22H36N2O3. The summed E-state index contributed by atoms with van der Waals surface area (Å²) in [5.74, 6) is -0.128. The van der Waals surface area contributed by atoms with Gasteiger partial charge in [-0.3, -0.25) is 9.59 Å². The molecule has 0 atom stereocenters. The first-order valence-corrected chi connectivity index (χ1v) is 10.2. The van der Waals surface area contributed by atoms with Crippen molar-refractivity contribution in [2.24, 2.45) is 0 Å². The lowest BCUT2D eigenvalue weighted by molar-refractivity contribution is -0.144. The molecule has 0 aliphatic rings. The summed E-state index contributed by atoms with van der Waals surface area (Å²) in [5, 5.41) is 0. The largest absolute Gasteiger partial charge is 0.466 e. The summed E-state index contributed by atoms with van der Waals surface area (Å²) in [6, 6.07) is 8.29. The SMILES string of the molecule is CCOC(=O)CCN(CCCN(CC)CC)C(=O)CCc1ccc(C)cc1. The van der Waals surface area contributed by atoms with Gasteiger partial charge in [-0.25, -0.2) is 0 Å². The first-order valence-electron chi connectivity index (χ1n) is 10.2. The van der Waals surface area contributed by atoms with Crippen LogP contribution in [0.5, 0.6) is 0 Å². The normalized spacial score (nSPS) is 10.9. The minimum Gasteiger partial charge on any atom is -0.466 e. The Labute approximate surface area is 164 Å². The van der Waals surface area contributed by atoms with Crippen LogP contribution >= 0.6 is 0 Å². The molecule has 5 heteroatoms. The van der Waals surface area contributed by atoms with Crippen molar-refractivity contribution in [1.82, 2.24) is 9.80 Å². The molecule has 0 heterocycles. The second-order valence-corrected chi connectivity index (χ2v) is 6.80. The van der Waals surface area contributed by atoms with Crippen LogP contribution in [-0.2, 0) is 20.7 Å². The molecule has 0 saturated carbocycles. The van der Waals surface area contributed by atoms with Gasteiger partial charge in [0.05, 0.1) is 13.0 Å². The monoisotopic (exact) mass is 376 g/mol.